The zero-order valence-corrected chi connectivity index (χ0v) is 8.15. The fourth-order valence-corrected chi connectivity index (χ4v) is 1.84. The second kappa shape index (κ2) is 2.44. The second-order valence-corrected chi connectivity index (χ2v) is 3.56. The predicted octanol–water partition coefficient (Wildman–Crippen LogP) is 2.61. The number of anilines is 1. The van der Waals surface area contributed by atoms with E-state index in [1.807, 2.05) is 32.2 Å². The van der Waals surface area contributed by atoms with Crippen molar-refractivity contribution in [2.75, 3.05) is 11.9 Å². The number of furan rings is 1. The van der Waals surface area contributed by atoms with Gasteiger partial charge in [-0.1, -0.05) is 12.1 Å². The Labute approximate surface area is 81.9 Å². The van der Waals surface area contributed by atoms with E-state index in [0.29, 0.717) is 5.95 Å². The topological polar surface area (TPSA) is 25.6 Å². The molecule has 3 rings (SSSR count). The fraction of sp³-hybridized carbons (Fsp3) is 0.273. The van der Waals surface area contributed by atoms with Gasteiger partial charge < -0.3 is 14.1 Å². The van der Waals surface area contributed by atoms with Crippen molar-refractivity contribution in [2.24, 2.45) is 0 Å². The summed E-state index contributed by atoms with van der Waals surface area (Å²) in [6, 6.07) is 7.98. The van der Waals surface area contributed by atoms with Crippen LogP contribution in [0.2, 0.25) is 0 Å². The number of hydrogen-bond donors (Lipinski definition) is 0. The predicted molar refractivity (Wildman–Crippen MR) is 54.7 cm³/mol. The van der Waals surface area contributed by atoms with E-state index < -0.39 is 0 Å². The first-order valence-corrected chi connectivity index (χ1v) is 4.68. The summed E-state index contributed by atoms with van der Waals surface area (Å²) >= 11 is 0. The van der Waals surface area contributed by atoms with Crippen molar-refractivity contribution in [1.29, 1.82) is 0 Å². The van der Waals surface area contributed by atoms with E-state index in [1.165, 1.54) is 0 Å². The van der Waals surface area contributed by atoms with Gasteiger partial charge in [0.05, 0.1) is 0 Å². The molecule has 0 aliphatic carbocycles. The number of benzene rings is 1. The molecular weight excluding hydrogens is 178 g/mol. The summed E-state index contributed by atoms with van der Waals surface area (Å²) < 4.78 is 11.2. The van der Waals surface area contributed by atoms with Crippen molar-refractivity contribution in [1.82, 2.24) is 0 Å². The molecule has 2 heterocycles. The molecule has 0 saturated carbocycles. The number of para-hydroxylation sites is 1. The third-order valence-corrected chi connectivity index (χ3v) is 2.71. The van der Waals surface area contributed by atoms with Crippen LogP contribution < -0.4 is 9.64 Å². The van der Waals surface area contributed by atoms with Crippen molar-refractivity contribution in [3.63, 3.8) is 0 Å². The number of hydrogen-bond acceptors (Lipinski definition) is 3. The van der Waals surface area contributed by atoms with Crippen LogP contribution in [0.4, 0.5) is 5.69 Å². The van der Waals surface area contributed by atoms with Gasteiger partial charge in [-0.3, -0.25) is 0 Å². The first-order valence-electron chi connectivity index (χ1n) is 4.68. The lowest BCUT2D eigenvalue weighted by Gasteiger charge is -2.15. The largest absolute Gasteiger partial charge is 0.440 e. The first kappa shape index (κ1) is 7.74. The van der Waals surface area contributed by atoms with E-state index in [4.69, 9.17) is 9.15 Å². The Kier molecular flexibility index (Phi) is 1.35. The van der Waals surface area contributed by atoms with Crippen LogP contribution in [0.1, 0.15) is 6.92 Å². The molecule has 1 aromatic heterocycles. The lowest BCUT2D eigenvalue weighted by atomic mass is 10.2. The van der Waals surface area contributed by atoms with Gasteiger partial charge in [0.1, 0.15) is 11.3 Å². The highest BCUT2D eigenvalue weighted by molar-refractivity contribution is 5.95. The molecule has 1 aromatic carbocycles. The van der Waals surface area contributed by atoms with Gasteiger partial charge in [-0.15, -0.1) is 0 Å². The SMILES string of the molecule is CC1Oc2oc3ccccc3c2N1C. The Morgan fingerprint density at radius 1 is 1.29 bits per heavy atom. The molecule has 0 bridgehead atoms. The van der Waals surface area contributed by atoms with Crippen LogP contribution in [-0.2, 0) is 0 Å². The van der Waals surface area contributed by atoms with E-state index in [1.54, 1.807) is 0 Å². The molecule has 1 atom stereocenters. The third kappa shape index (κ3) is 0.816. The molecule has 72 valence electrons. The summed E-state index contributed by atoms with van der Waals surface area (Å²) in [6.45, 7) is 2.00. The average Bonchev–Trinajstić information content (AvgIpc) is 2.65. The van der Waals surface area contributed by atoms with Crippen molar-refractivity contribution in [2.45, 2.75) is 13.2 Å². The Balaban J connectivity index is 2.32. The van der Waals surface area contributed by atoms with Crippen molar-refractivity contribution in [3.05, 3.63) is 24.3 Å². The molecule has 3 heteroatoms. The molecule has 2 aromatic rings. The number of rotatable bonds is 0. The molecule has 3 nitrogen and oxygen atoms in total. The van der Waals surface area contributed by atoms with Crippen molar-refractivity contribution >= 4 is 16.7 Å². The molecule has 0 spiro atoms. The van der Waals surface area contributed by atoms with Gasteiger partial charge in [0.15, 0.2) is 6.23 Å². The van der Waals surface area contributed by atoms with Gasteiger partial charge >= 0.3 is 5.95 Å². The molecule has 1 aliphatic heterocycles. The number of nitrogens with zero attached hydrogens (tertiary/aromatic N) is 1. The minimum atomic E-state index is 0.0633. The summed E-state index contributed by atoms with van der Waals surface area (Å²) in [6.07, 6.45) is 0.0633. The highest BCUT2D eigenvalue weighted by Crippen LogP contribution is 2.44. The van der Waals surface area contributed by atoms with Gasteiger partial charge in [0.25, 0.3) is 0 Å². The van der Waals surface area contributed by atoms with Gasteiger partial charge in [0.2, 0.25) is 0 Å². The Bertz CT molecular complexity index is 489. The summed E-state index contributed by atoms with van der Waals surface area (Å²) in [4.78, 5) is 2.08. The van der Waals surface area contributed by atoms with Crippen LogP contribution in [0, 0.1) is 0 Å². The maximum atomic E-state index is 5.59. The van der Waals surface area contributed by atoms with E-state index in [-0.39, 0.29) is 6.23 Å². The van der Waals surface area contributed by atoms with Gasteiger partial charge in [-0.2, -0.15) is 0 Å². The zero-order valence-electron chi connectivity index (χ0n) is 8.15. The van der Waals surface area contributed by atoms with E-state index in [0.717, 1.165) is 16.7 Å². The molecule has 0 saturated heterocycles. The smallest absolute Gasteiger partial charge is 0.312 e. The summed E-state index contributed by atoms with van der Waals surface area (Å²) in [5.74, 6) is 0.640. The normalized spacial score (nSPS) is 19.9. The van der Waals surface area contributed by atoms with Crippen LogP contribution >= 0.6 is 0 Å². The van der Waals surface area contributed by atoms with Gasteiger partial charge in [-0.05, 0) is 19.1 Å². The fourth-order valence-electron chi connectivity index (χ4n) is 1.84. The van der Waals surface area contributed by atoms with E-state index in [9.17, 15) is 0 Å². The molecule has 0 N–H and O–H groups in total. The molecule has 0 radical (unpaired) electrons. The molecule has 0 amide bonds. The summed E-state index contributed by atoms with van der Waals surface area (Å²) in [5.41, 5.74) is 1.95. The molecular formula is C11H11NO2. The number of ether oxygens (including phenoxy) is 1. The van der Waals surface area contributed by atoms with Crippen LogP contribution in [-0.4, -0.2) is 13.3 Å². The van der Waals surface area contributed by atoms with Crippen molar-refractivity contribution < 1.29 is 9.15 Å². The van der Waals surface area contributed by atoms with Crippen LogP contribution in [0.15, 0.2) is 28.7 Å². The Hall–Kier alpha value is -1.64. The highest BCUT2D eigenvalue weighted by atomic mass is 16.6. The minimum Gasteiger partial charge on any atom is -0.440 e. The molecule has 14 heavy (non-hydrogen) atoms. The quantitative estimate of drug-likeness (QED) is 0.637. The van der Waals surface area contributed by atoms with Crippen LogP contribution in [0.5, 0.6) is 5.95 Å². The monoisotopic (exact) mass is 189 g/mol. The zero-order chi connectivity index (χ0) is 9.71. The van der Waals surface area contributed by atoms with Crippen LogP contribution in [0.3, 0.4) is 0 Å². The lowest BCUT2D eigenvalue weighted by molar-refractivity contribution is 0.204. The maximum Gasteiger partial charge on any atom is 0.312 e. The first-order chi connectivity index (χ1) is 6.77. The summed E-state index contributed by atoms with van der Waals surface area (Å²) in [5, 5.41) is 1.12. The maximum absolute atomic E-state index is 5.59. The molecule has 0 fully saturated rings. The second-order valence-electron chi connectivity index (χ2n) is 3.56. The molecule has 1 unspecified atom stereocenters. The summed E-state index contributed by atoms with van der Waals surface area (Å²) in [7, 11) is 2.01. The van der Waals surface area contributed by atoms with E-state index >= 15 is 0 Å². The lowest BCUT2D eigenvalue weighted by Crippen LogP contribution is -2.27. The van der Waals surface area contributed by atoms with Crippen LogP contribution in [0.25, 0.3) is 11.0 Å². The molecule has 1 aliphatic rings. The van der Waals surface area contributed by atoms with E-state index in [2.05, 4.69) is 11.0 Å². The van der Waals surface area contributed by atoms with Gasteiger partial charge in [-0.25, -0.2) is 0 Å². The third-order valence-electron chi connectivity index (χ3n) is 2.71. The van der Waals surface area contributed by atoms with Crippen molar-refractivity contribution in [3.8, 4) is 5.95 Å². The highest BCUT2D eigenvalue weighted by Gasteiger charge is 2.30. The minimum absolute atomic E-state index is 0.0633. The standard InChI is InChI=1S/C11H11NO2/c1-7-12(2)10-8-5-3-4-6-9(8)14-11(10)13-7/h3-7H,1-2H3. The Morgan fingerprint density at radius 3 is 2.93 bits per heavy atom. The van der Waals surface area contributed by atoms with Gasteiger partial charge in [0, 0.05) is 12.4 Å². The number of fused-ring (bicyclic) bond motifs is 3. The average molecular weight is 189 g/mol. The Morgan fingerprint density at radius 2 is 2.07 bits per heavy atom.